The minimum Gasteiger partial charge on any atom is -0.256 e. The van der Waals surface area contributed by atoms with Gasteiger partial charge in [-0.2, -0.15) is 0 Å². The van der Waals surface area contributed by atoms with E-state index in [0.29, 0.717) is 0 Å². The zero-order valence-electron chi connectivity index (χ0n) is 25.2. The van der Waals surface area contributed by atoms with Crippen LogP contribution in [-0.4, -0.2) is 9.97 Å². The Kier molecular flexibility index (Phi) is 7.94. The van der Waals surface area contributed by atoms with Gasteiger partial charge in [0, 0.05) is 28.0 Å². The van der Waals surface area contributed by atoms with Crippen molar-refractivity contribution in [2.75, 3.05) is 0 Å². The second kappa shape index (κ2) is 12.5. The molecule has 5 aromatic carbocycles. The van der Waals surface area contributed by atoms with Crippen molar-refractivity contribution in [1.29, 1.82) is 0 Å². The molecule has 0 aliphatic carbocycles. The van der Waals surface area contributed by atoms with Gasteiger partial charge < -0.3 is 0 Å². The smallest absolute Gasteiger partial charge is 0.0702 e. The number of halogens is 1. The number of aryl methyl sites for hydroxylation is 2. The molecule has 0 radical (unpaired) electrons. The molecule has 0 unspecified atom stereocenters. The monoisotopic (exact) mass is 642 g/mol. The zero-order chi connectivity index (χ0) is 30.8. The number of benzene rings is 5. The van der Waals surface area contributed by atoms with Crippen LogP contribution in [0.5, 0.6) is 0 Å². The number of pyridine rings is 2. The Morgan fingerprint density at radius 1 is 0.378 bits per heavy atom. The van der Waals surface area contributed by atoms with Crippen LogP contribution in [0.15, 0.2) is 156 Å². The normalized spacial score (nSPS) is 11.0. The summed E-state index contributed by atoms with van der Waals surface area (Å²) in [5, 5.41) is 0. The third kappa shape index (κ3) is 5.87. The van der Waals surface area contributed by atoms with E-state index in [1.54, 1.807) is 0 Å². The summed E-state index contributed by atoms with van der Waals surface area (Å²) in [6.45, 7) is 4.37. The molecule has 45 heavy (non-hydrogen) atoms. The highest BCUT2D eigenvalue weighted by molar-refractivity contribution is 9.10. The minimum atomic E-state index is 0.984. The van der Waals surface area contributed by atoms with Gasteiger partial charge >= 0.3 is 0 Å². The van der Waals surface area contributed by atoms with Crippen LogP contribution in [0.1, 0.15) is 11.1 Å². The molecule has 7 rings (SSSR count). The maximum Gasteiger partial charge on any atom is 0.0702 e. The Bertz CT molecular complexity index is 1980. The number of hydrogen-bond donors (Lipinski definition) is 0. The largest absolute Gasteiger partial charge is 0.256 e. The average molecular weight is 644 g/mol. The molecule has 216 valence electrons. The first kappa shape index (κ1) is 28.6. The quantitative estimate of drug-likeness (QED) is 0.180. The minimum absolute atomic E-state index is 0.984. The maximum absolute atomic E-state index is 4.55. The van der Waals surface area contributed by atoms with Gasteiger partial charge in [0.25, 0.3) is 0 Å². The molecule has 0 saturated carbocycles. The van der Waals surface area contributed by atoms with Gasteiger partial charge in [-0.3, -0.25) is 9.97 Å². The molecule has 7 aromatic rings. The summed E-state index contributed by atoms with van der Waals surface area (Å²) in [7, 11) is 0. The Balaban J connectivity index is 1.30. The topological polar surface area (TPSA) is 25.8 Å². The fourth-order valence-electron chi connectivity index (χ4n) is 6.16. The molecular formula is C42H31BrN2. The zero-order valence-corrected chi connectivity index (χ0v) is 26.8. The number of nitrogens with zero attached hydrogens (tertiary/aromatic N) is 2. The molecule has 2 aromatic heterocycles. The van der Waals surface area contributed by atoms with Gasteiger partial charge in [0.2, 0.25) is 0 Å². The van der Waals surface area contributed by atoms with E-state index in [1.165, 1.54) is 55.6 Å². The molecule has 2 heterocycles. The molecule has 0 atom stereocenters. The van der Waals surface area contributed by atoms with E-state index in [2.05, 4.69) is 155 Å². The first-order valence-corrected chi connectivity index (χ1v) is 15.9. The third-order valence-corrected chi connectivity index (χ3v) is 8.79. The van der Waals surface area contributed by atoms with Gasteiger partial charge in [0.15, 0.2) is 0 Å². The van der Waals surface area contributed by atoms with E-state index < -0.39 is 0 Å². The van der Waals surface area contributed by atoms with Gasteiger partial charge in [-0.1, -0.05) is 101 Å². The summed E-state index contributed by atoms with van der Waals surface area (Å²) in [6, 6.07) is 49.5. The van der Waals surface area contributed by atoms with Gasteiger partial charge in [-0.05, 0) is 124 Å². The standard InChI is InChI=1S/C42H31BrN2/c1-28-23-30(41-15-7-9-21-44-41)17-19-35(28)39-13-5-3-11-37(39)32-25-33(27-34(43)26-32)38-12-4-6-14-40(38)36-20-18-31(24-29(36)2)42-16-8-10-22-45-42/h3-27H,1-2H3. The Hall–Kier alpha value is -5.12. The first-order chi connectivity index (χ1) is 22.0. The van der Waals surface area contributed by atoms with Crippen molar-refractivity contribution >= 4 is 15.9 Å². The Labute approximate surface area is 273 Å². The predicted molar refractivity (Wildman–Crippen MR) is 192 cm³/mol. The summed E-state index contributed by atoms with van der Waals surface area (Å²) in [5.41, 5.74) is 16.2. The molecule has 3 heteroatoms. The van der Waals surface area contributed by atoms with Gasteiger partial charge in [-0.15, -0.1) is 0 Å². The highest BCUT2D eigenvalue weighted by Gasteiger charge is 2.15. The number of rotatable bonds is 6. The molecule has 2 nitrogen and oxygen atoms in total. The van der Waals surface area contributed by atoms with Crippen LogP contribution in [0.2, 0.25) is 0 Å². The van der Waals surface area contributed by atoms with Crippen molar-refractivity contribution in [2.45, 2.75) is 13.8 Å². The van der Waals surface area contributed by atoms with Crippen LogP contribution in [0, 0.1) is 13.8 Å². The van der Waals surface area contributed by atoms with Gasteiger partial charge in [0.1, 0.15) is 0 Å². The molecule has 0 bridgehead atoms. The lowest BCUT2D eigenvalue weighted by Gasteiger charge is -2.17. The highest BCUT2D eigenvalue weighted by atomic mass is 79.9. The van der Waals surface area contributed by atoms with E-state index in [9.17, 15) is 0 Å². The lowest BCUT2D eigenvalue weighted by atomic mass is 9.88. The summed E-state index contributed by atoms with van der Waals surface area (Å²) in [6.07, 6.45) is 3.69. The fourth-order valence-corrected chi connectivity index (χ4v) is 6.65. The maximum atomic E-state index is 4.55. The van der Waals surface area contributed by atoms with Crippen molar-refractivity contribution in [3.05, 3.63) is 168 Å². The highest BCUT2D eigenvalue weighted by Crippen LogP contribution is 2.41. The fraction of sp³-hybridized carbons (Fsp3) is 0.0476. The van der Waals surface area contributed by atoms with Crippen molar-refractivity contribution in [2.24, 2.45) is 0 Å². The average Bonchev–Trinajstić information content (AvgIpc) is 3.09. The van der Waals surface area contributed by atoms with Crippen molar-refractivity contribution in [3.8, 4) is 67.0 Å². The molecule has 0 aliphatic heterocycles. The van der Waals surface area contributed by atoms with Crippen LogP contribution < -0.4 is 0 Å². The summed E-state index contributed by atoms with van der Waals surface area (Å²) < 4.78 is 1.05. The summed E-state index contributed by atoms with van der Waals surface area (Å²) in [4.78, 5) is 9.10. The second-order valence-electron chi connectivity index (χ2n) is 11.3. The van der Waals surface area contributed by atoms with E-state index in [4.69, 9.17) is 0 Å². The van der Waals surface area contributed by atoms with Crippen LogP contribution in [0.3, 0.4) is 0 Å². The van der Waals surface area contributed by atoms with Gasteiger partial charge in [0.05, 0.1) is 11.4 Å². The predicted octanol–water partition coefficient (Wildman–Crippen LogP) is 11.9. The molecular weight excluding hydrogens is 612 g/mol. The molecule has 0 amide bonds. The molecule has 0 N–H and O–H groups in total. The van der Waals surface area contributed by atoms with E-state index >= 15 is 0 Å². The first-order valence-electron chi connectivity index (χ1n) is 15.1. The third-order valence-electron chi connectivity index (χ3n) is 8.33. The molecule has 0 spiro atoms. The second-order valence-corrected chi connectivity index (χ2v) is 12.2. The molecule has 0 fully saturated rings. The number of hydrogen-bond acceptors (Lipinski definition) is 2. The Morgan fingerprint density at radius 2 is 0.800 bits per heavy atom. The van der Waals surface area contributed by atoms with Gasteiger partial charge in [-0.25, -0.2) is 0 Å². The van der Waals surface area contributed by atoms with E-state index in [0.717, 1.165) is 27.0 Å². The summed E-state index contributed by atoms with van der Waals surface area (Å²) >= 11 is 3.86. The Morgan fingerprint density at radius 3 is 1.20 bits per heavy atom. The SMILES string of the molecule is Cc1cc(-c2ccccn2)ccc1-c1ccccc1-c1cc(Br)cc(-c2ccccc2-c2ccc(-c3ccccn3)cc2C)c1. The van der Waals surface area contributed by atoms with Crippen molar-refractivity contribution in [1.82, 2.24) is 9.97 Å². The van der Waals surface area contributed by atoms with E-state index in [-0.39, 0.29) is 0 Å². The summed E-state index contributed by atoms with van der Waals surface area (Å²) in [5.74, 6) is 0. The molecule has 0 saturated heterocycles. The number of aromatic nitrogens is 2. The van der Waals surface area contributed by atoms with Crippen molar-refractivity contribution < 1.29 is 0 Å². The van der Waals surface area contributed by atoms with Crippen LogP contribution in [0.25, 0.3) is 67.0 Å². The van der Waals surface area contributed by atoms with Crippen LogP contribution in [-0.2, 0) is 0 Å². The van der Waals surface area contributed by atoms with Crippen LogP contribution >= 0.6 is 15.9 Å². The van der Waals surface area contributed by atoms with Crippen LogP contribution in [0.4, 0.5) is 0 Å². The lowest BCUT2D eigenvalue weighted by molar-refractivity contribution is 1.32. The van der Waals surface area contributed by atoms with E-state index in [1.807, 2.05) is 36.7 Å². The lowest BCUT2D eigenvalue weighted by Crippen LogP contribution is -1.92. The molecule has 0 aliphatic rings. The van der Waals surface area contributed by atoms with Crippen molar-refractivity contribution in [3.63, 3.8) is 0 Å².